The number of methoxy groups -OCH3 is 1. The molecular formula is C14H17ClN2O. The minimum atomic E-state index is 0.206. The fraction of sp³-hybridized carbons (Fsp3) is 0.357. The summed E-state index contributed by atoms with van der Waals surface area (Å²) in [7, 11) is 1.70. The van der Waals surface area contributed by atoms with Crippen LogP contribution in [0.2, 0.25) is 0 Å². The summed E-state index contributed by atoms with van der Waals surface area (Å²) in [4.78, 5) is 4.34. The van der Waals surface area contributed by atoms with E-state index in [1.165, 1.54) is 0 Å². The summed E-state index contributed by atoms with van der Waals surface area (Å²) in [5, 5.41) is 4.57. The summed E-state index contributed by atoms with van der Waals surface area (Å²) in [5.74, 6) is 0.556. The molecule has 2 rings (SSSR count). The average molecular weight is 265 g/mol. The van der Waals surface area contributed by atoms with E-state index in [2.05, 4.69) is 16.4 Å². The predicted octanol–water partition coefficient (Wildman–Crippen LogP) is 3.29. The van der Waals surface area contributed by atoms with Crippen molar-refractivity contribution in [2.75, 3.05) is 24.9 Å². The number of hydrogen-bond acceptors (Lipinski definition) is 3. The van der Waals surface area contributed by atoms with Gasteiger partial charge in [-0.3, -0.25) is 4.98 Å². The molecule has 3 nitrogen and oxygen atoms in total. The van der Waals surface area contributed by atoms with E-state index in [4.69, 9.17) is 16.3 Å². The molecule has 0 saturated carbocycles. The third kappa shape index (κ3) is 3.12. The Bertz CT molecular complexity index is 499. The van der Waals surface area contributed by atoms with E-state index >= 15 is 0 Å². The van der Waals surface area contributed by atoms with E-state index < -0.39 is 0 Å². The molecule has 0 aliphatic carbocycles. The highest BCUT2D eigenvalue weighted by atomic mass is 35.5. The number of fused-ring (bicyclic) bond motifs is 1. The lowest BCUT2D eigenvalue weighted by atomic mass is 10.1. The Hall–Kier alpha value is -1.32. The molecule has 0 spiro atoms. The van der Waals surface area contributed by atoms with Crippen LogP contribution in [0, 0.1) is 0 Å². The van der Waals surface area contributed by atoms with E-state index in [1.54, 1.807) is 7.11 Å². The van der Waals surface area contributed by atoms with E-state index in [-0.39, 0.29) is 6.04 Å². The van der Waals surface area contributed by atoms with Crippen molar-refractivity contribution in [2.45, 2.75) is 12.5 Å². The fourth-order valence-corrected chi connectivity index (χ4v) is 2.12. The van der Waals surface area contributed by atoms with Crippen LogP contribution in [0.5, 0.6) is 0 Å². The van der Waals surface area contributed by atoms with Crippen LogP contribution in [0.3, 0.4) is 0 Å². The van der Waals surface area contributed by atoms with Crippen molar-refractivity contribution in [3.63, 3.8) is 0 Å². The Labute approximate surface area is 112 Å². The van der Waals surface area contributed by atoms with Crippen molar-refractivity contribution >= 4 is 28.2 Å². The van der Waals surface area contributed by atoms with Gasteiger partial charge in [-0.05, 0) is 18.6 Å². The maximum absolute atomic E-state index is 5.97. The Morgan fingerprint density at radius 2 is 2.17 bits per heavy atom. The smallest absolute Gasteiger partial charge is 0.0722 e. The van der Waals surface area contributed by atoms with Gasteiger partial charge < -0.3 is 10.1 Å². The second-order valence-corrected chi connectivity index (χ2v) is 4.46. The lowest BCUT2D eigenvalue weighted by Gasteiger charge is -2.18. The zero-order valence-electron chi connectivity index (χ0n) is 10.4. The van der Waals surface area contributed by atoms with Crippen LogP contribution in [-0.4, -0.2) is 30.6 Å². The molecule has 96 valence electrons. The predicted molar refractivity (Wildman–Crippen MR) is 76.4 cm³/mol. The Kier molecular flexibility index (Phi) is 4.79. The zero-order chi connectivity index (χ0) is 12.8. The topological polar surface area (TPSA) is 34.1 Å². The van der Waals surface area contributed by atoms with Crippen LogP contribution in [0.1, 0.15) is 6.42 Å². The van der Waals surface area contributed by atoms with Crippen molar-refractivity contribution in [1.29, 1.82) is 0 Å². The molecule has 0 amide bonds. The summed E-state index contributed by atoms with van der Waals surface area (Å²) in [5.41, 5.74) is 2.06. The first-order chi connectivity index (χ1) is 8.85. The number of nitrogens with zero attached hydrogens (tertiary/aromatic N) is 1. The highest BCUT2D eigenvalue weighted by molar-refractivity contribution is 6.18. The summed E-state index contributed by atoms with van der Waals surface area (Å²) in [6.45, 7) is 0.702. The van der Waals surface area contributed by atoms with Crippen LogP contribution < -0.4 is 5.32 Å². The van der Waals surface area contributed by atoms with Crippen LogP contribution in [0.15, 0.2) is 36.5 Å². The number of pyridine rings is 1. The minimum Gasteiger partial charge on any atom is -0.385 e. The van der Waals surface area contributed by atoms with Gasteiger partial charge in [0.15, 0.2) is 0 Å². The van der Waals surface area contributed by atoms with Crippen molar-refractivity contribution in [3.8, 4) is 0 Å². The molecule has 1 atom stereocenters. The molecule has 1 aromatic carbocycles. The zero-order valence-corrected chi connectivity index (χ0v) is 11.2. The summed E-state index contributed by atoms with van der Waals surface area (Å²) < 4.78 is 5.09. The van der Waals surface area contributed by atoms with Gasteiger partial charge in [-0.1, -0.05) is 18.2 Å². The molecule has 0 radical (unpaired) electrons. The van der Waals surface area contributed by atoms with Gasteiger partial charge in [0, 0.05) is 42.9 Å². The second kappa shape index (κ2) is 6.57. The third-order valence-corrected chi connectivity index (χ3v) is 3.24. The maximum Gasteiger partial charge on any atom is 0.0722 e. The van der Waals surface area contributed by atoms with Gasteiger partial charge in [-0.15, -0.1) is 11.6 Å². The van der Waals surface area contributed by atoms with E-state index in [9.17, 15) is 0 Å². The molecule has 0 aliphatic rings. The molecule has 1 N–H and O–H groups in total. The van der Waals surface area contributed by atoms with Gasteiger partial charge in [0.2, 0.25) is 0 Å². The molecule has 1 unspecified atom stereocenters. The molecule has 0 saturated heterocycles. The van der Waals surface area contributed by atoms with Crippen LogP contribution in [0.4, 0.5) is 5.69 Å². The Balaban J connectivity index is 2.19. The summed E-state index contributed by atoms with van der Waals surface area (Å²) in [6, 6.07) is 10.3. The number of ether oxygens (including phenoxy) is 1. The first-order valence-corrected chi connectivity index (χ1v) is 6.54. The van der Waals surface area contributed by atoms with Gasteiger partial charge in [0.1, 0.15) is 0 Å². The SMILES string of the molecule is COCCC(CCl)Nc1ccnc2ccccc12. The van der Waals surface area contributed by atoms with Gasteiger partial charge in [-0.2, -0.15) is 0 Å². The maximum atomic E-state index is 5.97. The van der Waals surface area contributed by atoms with Crippen molar-refractivity contribution in [3.05, 3.63) is 36.5 Å². The molecule has 0 fully saturated rings. The number of para-hydroxylation sites is 1. The van der Waals surface area contributed by atoms with Crippen molar-refractivity contribution < 1.29 is 4.74 Å². The second-order valence-electron chi connectivity index (χ2n) is 4.15. The standard InChI is InChI=1S/C14H17ClN2O/c1-18-9-7-11(10-15)17-14-6-8-16-13-5-3-2-4-12(13)14/h2-6,8,11H,7,9-10H2,1H3,(H,16,17). The first-order valence-electron chi connectivity index (χ1n) is 6.00. The normalized spacial score (nSPS) is 12.6. The van der Waals surface area contributed by atoms with E-state index in [0.717, 1.165) is 23.0 Å². The largest absolute Gasteiger partial charge is 0.385 e. The number of alkyl halides is 1. The van der Waals surface area contributed by atoms with Crippen LogP contribution >= 0.6 is 11.6 Å². The first kappa shape index (κ1) is 13.1. The molecule has 2 aromatic rings. The summed E-state index contributed by atoms with van der Waals surface area (Å²) >= 11 is 5.97. The van der Waals surface area contributed by atoms with Crippen LogP contribution in [0.25, 0.3) is 10.9 Å². The van der Waals surface area contributed by atoms with Gasteiger partial charge in [0.25, 0.3) is 0 Å². The number of hydrogen-bond donors (Lipinski definition) is 1. The number of nitrogens with one attached hydrogen (secondary N) is 1. The highest BCUT2D eigenvalue weighted by Crippen LogP contribution is 2.22. The number of anilines is 1. The number of halogens is 1. The van der Waals surface area contributed by atoms with Gasteiger partial charge >= 0.3 is 0 Å². The molecule has 0 bridgehead atoms. The minimum absolute atomic E-state index is 0.206. The fourth-order valence-electron chi connectivity index (χ4n) is 1.89. The van der Waals surface area contributed by atoms with Gasteiger partial charge in [0.05, 0.1) is 5.52 Å². The highest BCUT2D eigenvalue weighted by Gasteiger charge is 2.09. The number of rotatable bonds is 6. The molecule has 18 heavy (non-hydrogen) atoms. The Morgan fingerprint density at radius 3 is 2.94 bits per heavy atom. The Morgan fingerprint density at radius 1 is 1.33 bits per heavy atom. The lowest BCUT2D eigenvalue weighted by molar-refractivity contribution is 0.191. The van der Waals surface area contributed by atoms with Crippen molar-refractivity contribution in [1.82, 2.24) is 4.98 Å². The summed E-state index contributed by atoms with van der Waals surface area (Å²) in [6.07, 6.45) is 2.70. The monoisotopic (exact) mass is 264 g/mol. The van der Waals surface area contributed by atoms with E-state index in [0.29, 0.717) is 12.5 Å². The lowest BCUT2D eigenvalue weighted by Crippen LogP contribution is -2.23. The molecule has 4 heteroatoms. The molecular weight excluding hydrogens is 248 g/mol. The average Bonchev–Trinajstić information content (AvgIpc) is 2.43. The van der Waals surface area contributed by atoms with E-state index in [1.807, 2.05) is 30.5 Å². The molecule has 1 aromatic heterocycles. The quantitative estimate of drug-likeness (QED) is 0.813. The number of benzene rings is 1. The van der Waals surface area contributed by atoms with Gasteiger partial charge in [-0.25, -0.2) is 0 Å². The number of aromatic nitrogens is 1. The van der Waals surface area contributed by atoms with Crippen molar-refractivity contribution in [2.24, 2.45) is 0 Å². The van der Waals surface area contributed by atoms with Crippen LogP contribution in [-0.2, 0) is 4.74 Å². The molecule has 0 aliphatic heterocycles. The third-order valence-electron chi connectivity index (χ3n) is 2.87. The molecule has 1 heterocycles.